The highest BCUT2D eigenvalue weighted by molar-refractivity contribution is 7.13. The van der Waals surface area contributed by atoms with Crippen LogP contribution < -0.4 is 10.1 Å². The van der Waals surface area contributed by atoms with Gasteiger partial charge in [0.05, 0.1) is 6.26 Å². The molecule has 1 amide bonds. The Labute approximate surface area is 156 Å². The number of furan rings is 1. The third-order valence-electron chi connectivity index (χ3n) is 3.65. The number of ether oxygens (including phenoxy) is 1. The Bertz CT molecular complexity index is 826. The first-order chi connectivity index (χ1) is 12.6. The first kappa shape index (κ1) is 18.2. The predicted octanol–water partition coefficient (Wildman–Crippen LogP) is 3.27. The Balaban J connectivity index is 1.50. The van der Waals surface area contributed by atoms with Gasteiger partial charge < -0.3 is 19.4 Å². The van der Waals surface area contributed by atoms with Crippen LogP contribution in [0.3, 0.4) is 0 Å². The maximum atomic E-state index is 12.2. The SMILES string of the molecule is CN(C)CCOc1ccc(CNC(=O)c2csc(-c3ccco3)n2)cc1. The lowest BCUT2D eigenvalue weighted by Crippen LogP contribution is -2.23. The average Bonchev–Trinajstić information content (AvgIpc) is 3.31. The van der Waals surface area contributed by atoms with Crippen molar-refractivity contribution in [2.45, 2.75) is 6.54 Å². The molecule has 0 bridgehead atoms. The smallest absolute Gasteiger partial charge is 0.271 e. The molecule has 0 atom stereocenters. The molecule has 0 aliphatic heterocycles. The van der Waals surface area contributed by atoms with Gasteiger partial charge in [-0.1, -0.05) is 12.1 Å². The molecule has 0 saturated carbocycles. The standard InChI is InChI=1S/C19H21N3O3S/c1-22(2)9-11-24-15-7-5-14(6-8-15)12-20-18(23)16-13-26-19(21-16)17-4-3-10-25-17/h3-8,10,13H,9,11-12H2,1-2H3,(H,20,23). The van der Waals surface area contributed by atoms with Gasteiger partial charge in [-0.05, 0) is 43.9 Å². The number of nitrogens with one attached hydrogen (secondary N) is 1. The van der Waals surface area contributed by atoms with E-state index in [1.165, 1.54) is 11.3 Å². The van der Waals surface area contributed by atoms with Crippen molar-refractivity contribution >= 4 is 17.2 Å². The van der Waals surface area contributed by atoms with Crippen molar-refractivity contribution in [2.75, 3.05) is 27.2 Å². The van der Waals surface area contributed by atoms with Crippen LogP contribution in [-0.4, -0.2) is 43.0 Å². The number of thiazole rings is 1. The fraction of sp³-hybridized carbons (Fsp3) is 0.263. The van der Waals surface area contributed by atoms with Crippen molar-refractivity contribution in [3.05, 3.63) is 59.3 Å². The summed E-state index contributed by atoms with van der Waals surface area (Å²) in [6.45, 7) is 1.95. The predicted molar refractivity (Wildman–Crippen MR) is 101 cm³/mol. The maximum absolute atomic E-state index is 12.2. The molecule has 7 heteroatoms. The highest BCUT2D eigenvalue weighted by atomic mass is 32.1. The molecule has 26 heavy (non-hydrogen) atoms. The summed E-state index contributed by atoms with van der Waals surface area (Å²) in [5, 5.41) is 5.30. The summed E-state index contributed by atoms with van der Waals surface area (Å²) in [7, 11) is 4.02. The number of hydrogen-bond acceptors (Lipinski definition) is 6. The number of benzene rings is 1. The molecule has 2 heterocycles. The second-order valence-electron chi connectivity index (χ2n) is 5.99. The first-order valence-electron chi connectivity index (χ1n) is 8.26. The van der Waals surface area contributed by atoms with Gasteiger partial charge in [0, 0.05) is 18.5 Å². The molecule has 0 saturated heterocycles. The fourth-order valence-electron chi connectivity index (χ4n) is 2.21. The van der Waals surface area contributed by atoms with E-state index in [-0.39, 0.29) is 5.91 Å². The molecule has 0 spiro atoms. The Morgan fingerprint density at radius 1 is 1.27 bits per heavy atom. The third-order valence-corrected chi connectivity index (χ3v) is 4.51. The van der Waals surface area contributed by atoms with Crippen LogP contribution >= 0.6 is 11.3 Å². The number of carbonyl (C=O) groups excluding carboxylic acids is 1. The Morgan fingerprint density at radius 2 is 2.08 bits per heavy atom. The highest BCUT2D eigenvalue weighted by Gasteiger charge is 2.13. The number of aromatic nitrogens is 1. The first-order valence-corrected chi connectivity index (χ1v) is 9.14. The van der Waals surface area contributed by atoms with Crippen LogP contribution in [0.25, 0.3) is 10.8 Å². The zero-order valence-corrected chi connectivity index (χ0v) is 15.6. The number of amides is 1. The molecule has 3 aromatic rings. The largest absolute Gasteiger partial charge is 0.492 e. The van der Waals surface area contributed by atoms with Crippen molar-refractivity contribution in [3.63, 3.8) is 0 Å². The molecule has 1 aromatic carbocycles. The summed E-state index contributed by atoms with van der Waals surface area (Å²) < 4.78 is 11.0. The quantitative estimate of drug-likeness (QED) is 0.658. The molecule has 0 unspecified atom stereocenters. The van der Waals surface area contributed by atoms with Gasteiger partial charge in [0.2, 0.25) is 0 Å². The van der Waals surface area contributed by atoms with Crippen LogP contribution in [0.1, 0.15) is 16.1 Å². The minimum Gasteiger partial charge on any atom is -0.492 e. The van der Waals surface area contributed by atoms with E-state index in [4.69, 9.17) is 9.15 Å². The molecular weight excluding hydrogens is 350 g/mol. The summed E-state index contributed by atoms with van der Waals surface area (Å²) >= 11 is 1.38. The average molecular weight is 371 g/mol. The molecule has 0 fully saturated rings. The minimum atomic E-state index is -0.203. The molecular formula is C19H21N3O3S. The van der Waals surface area contributed by atoms with Gasteiger partial charge in [-0.25, -0.2) is 4.98 Å². The van der Waals surface area contributed by atoms with Gasteiger partial charge in [-0.15, -0.1) is 11.3 Å². The van der Waals surface area contributed by atoms with E-state index >= 15 is 0 Å². The Kier molecular flexibility index (Phi) is 6.04. The second kappa shape index (κ2) is 8.64. The number of rotatable bonds is 8. The zero-order chi connectivity index (χ0) is 18.4. The number of nitrogens with zero attached hydrogens (tertiary/aromatic N) is 2. The van der Waals surface area contributed by atoms with Crippen LogP contribution in [0.15, 0.2) is 52.5 Å². The van der Waals surface area contributed by atoms with Gasteiger partial charge in [0.15, 0.2) is 10.8 Å². The van der Waals surface area contributed by atoms with Crippen LogP contribution in [0, 0.1) is 0 Å². The lowest BCUT2D eigenvalue weighted by molar-refractivity contribution is 0.0946. The van der Waals surface area contributed by atoms with E-state index in [2.05, 4.69) is 15.2 Å². The van der Waals surface area contributed by atoms with E-state index in [0.717, 1.165) is 17.9 Å². The van der Waals surface area contributed by atoms with Crippen molar-refractivity contribution in [2.24, 2.45) is 0 Å². The molecule has 0 aliphatic carbocycles. The van der Waals surface area contributed by atoms with E-state index in [1.54, 1.807) is 17.7 Å². The lowest BCUT2D eigenvalue weighted by atomic mass is 10.2. The van der Waals surface area contributed by atoms with Gasteiger partial charge >= 0.3 is 0 Å². The van der Waals surface area contributed by atoms with Crippen LogP contribution in [-0.2, 0) is 6.54 Å². The number of hydrogen-bond donors (Lipinski definition) is 1. The summed E-state index contributed by atoms with van der Waals surface area (Å²) in [5.41, 5.74) is 1.39. The third kappa shape index (κ3) is 4.93. The van der Waals surface area contributed by atoms with E-state index < -0.39 is 0 Å². The maximum Gasteiger partial charge on any atom is 0.271 e. The lowest BCUT2D eigenvalue weighted by Gasteiger charge is -2.11. The van der Waals surface area contributed by atoms with Crippen LogP contribution in [0.2, 0.25) is 0 Å². The van der Waals surface area contributed by atoms with Crippen molar-refractivity contribution in [1.82, 2.24) is 15.2 Å². The molecule has 6 nitrogen and oxygen atoms in total. The molecule has 3 rings (SSSR count). The van der Waals surface area contributed by atoms with E-state index in [1.807, 2.05) is 44.4 Å². The van der Waals surface area contributed by atoms with Crippen molar-refractivity contribution < 1.29 is 13.9 Å². The van der Waals surface area contributed by atoms with Gasteiger partial charge in [-0.2, -0.15) is 0 Å². The highest BCUT2D eigenvalue weighted by Crippen LogP contribution is 2.23. The van der Waals surface area contributed by atoms with Gasteiger partial charge in [0.25, 0.3) is 5.91 Å². The van der Waals surface area contributed by atoms with Gasteiger partial charge in [-0.3, -0.25) is 4.79 Å². The van der Waals surface area contributed by atoms with E-state index in [9.17, 15) is 4.79 Å². The molecule has 0 radical (unpaired) electrons. The summed E-state index contributed by atoms with van der Waals surface area (Å²) in [6.07, 6.45) is 1.59. The topological polar surface area (TPSA) is 67.6 Å². The Morgan fingerprint density at radius 3 is 2.77 bits per heavy atom. The fourth-order valence-corrected chi connectivity index (χ4v) is 2.98. The molecule has 1 N–H and O–H groups in total. The van der Waals surface area contributed by atoms with Crippen molar-refractivity contribution in [3.8, 4) is 16.5 Å². The monoisotopic (exact) mass is 371 g/mol. The van der Waals surface area contributed by atoms with E-state index in [0.29, 0.717) is 29.6 Å². The molecule has 136 valence electrons. The molecule has 0 aliphatic rings. The second-order valence-corrected chi connectivity index (χ2v) is 6.85. The molecule has 2 aromatic heterocycles. The summed E-state index contributed by atoms with van der Waals surface area (Å²) in [4.78, 5) is 18.6. The minimum absolute atomic E-state index is 0.203. The van der Waals surface area contributed by atoms with Gasteiger partial charge in [0.1, 0.15) is 18.1 Å². The normalized spacial score (nSPS) is 10.9. The zero-order valence-electron chi connectivity index (χ0n) is 14.8. The Hall–Kier alpha value is -2.64. The number of carbonyl (C=O) groups is 1. The summed E-state index contributed by atoms with van der Waals surface area (Å²) in [5.74, 6) is 1.29. The van der Waals surface area contributed by atoms with Crippen LogP contribution in [0.4, 0.5) is 0 Å². The van der Waals surface area contributed by atoms with Crippen LogP contribution in [0.5, 0.6) is 5.75 Å². The summed E-state index contributed by atoms with van der Waals surface area (Å²) in [6, 6.07) is 11.3. The van der Waals surface area contributed by atoms with Crippen molar-refractivity contribution in [1.29, 1.82) is 0 Å². The number of likely N-dealkylation sites (N-methyl/N-ethyl adjacent to an activating group) is 1.